The van der Waals surface area contributed by atoms with E-state index in [4.69, 9.17) is 0 Å². The molecule has 2 saturated heterocycles. The molecule has 0 spiro atoms. The zero-order valence-corrected chi connectivity index (χ0v) is 14.6. The lowest BCUT2D eigenvalue weighted by atomic mass is 9.94. The largest absolute Gasteiger partial charge is 0.367 e. The number of nitrogens with one attached hydrogen (secondary N) is 1. The van der Waals surface area contributed by atoms with Crippen molar-refractivity contribution in [2.24, 2.45) is 5.92 Å². The Morgan fingerprint density at radius 2 is 2.04 bits per heavy atom. The van der Waals surface area contributed by atoms with E-state index in [1.165, 1.54) is 29.0 Å². The molecule has 1 aliphatic carbocycles. The van der Waals surface area contributed by atoms with Crippen molar-refractivity contribution in [1.29, 1.82) is 0 Å². The minimum absolute atomic E-state index is 0.148. The Morgan fingerprint density at radius 1 is 1.20 bits per heavy atom. The van der Waals surface area contributed by atoms with Crippen LogP contribution < -0.4 is 15.8 Å². The van der Waals surface area contributed by atoms with Crippen LogP contribution in [0.2, 0.25) is 0 Å². The van der Waals surface area contributed by atoms with E-state index in [-0.39, 0.29) is 11.4 Å². The summed E-state index contributed by atoms with van der Waals surface area (Å²) < 4.78 is 16.5. The molecule has 5 heteroatoms. The van der Waals surface area contributed by atoms with Gasteiger partial charge in [0, 0.05) is 25.2 Å². The fourth-order valence-electron chi connectivity index (χ4n) is 4.90. The summed E-state index contributed by atoms with van der Waals surface area (Å²) in [5, 5.41) is 3.59. The van der Waals surface area contributed by atoms with Gasteiger partial charge in [-0.1, -0.05) is 6.07 Å². The van der Waals surface area contributed by atoms with Gasteiger partial charge in [0.1, 0.15) is 0 Å². The smallest absolute Gasteiger partial charge is 0.255 e. The molecule has 5 rings (SSSR count). The molecule has 3 aliphatic rings. The first kappa shape index (κ1) is 15.4. The van der Waals surface area contributed by atoms with Gasteiger partial charge in [0.15, 0.2) is 5.82 Å². The van der Waals surface area contributed by atoms with Crippen LogP contribution in [0.5, 0.6) is 0 Å². The van der Waals surface area contributed by atoms with Crippen LogP contribution in [0, 0.1) is 18.7 Å². The third-order valence-electron chi connectivity index (χ3n) is 6.27. The van der Waals surface area contributed by atoms with Crippen LogP contribution >= 0.6 is 0 Å². The maximum atomic E-state index is 15.0. The van der Waals surface area contributed by atoms with Gasteiger partial charge in [-0.15, -0.1) is 0 Å². The highest BCUT2D eigenvalue weighted by Gasteiger charge is 2.36. The van der Waals surface area contributed by atoms with E-state index in [0.29, 0.717) is 23.6 Å². The summed E-state index contributed by atoms with van der Waals surface area (Å²) in [4.78, 5) is 14.5. The minimum atomic E-state index is -0.279. The molecule has 1 saturated carbocycles. The third-order valence-corrected chi connectivity index (χ3v) is 6.27. The second-order valence-electron chi connectivity index (χ2n) is 7.94. The maximum Gasteiger partial charge on any atom is 0.255 e. The summed E-state index contributed by atoms with van der Waals surface area (Å²) in [5.74, 6) is 0.846. The molecule has 0 aromatic carbocycles. The number of piperidine rings is 1. The number of aromatic nitrogens is 1. The zero-order valence-electron chi connectivity index (χ0n) is 14.6. The van der Waals surface area contributed by atoms with Gasteiger partial charge in [-0.3, -0.25) is 9.20 Å². The van der Waals surface area contributed by atoms with Crippen LogP contribution in [-0.2, 0) is 0 Å². The molecule has 4 heterocycles. The second-order valence-corrected chi connectivity index (χ2v) is 7.94. The number of aryl methyl sites for hydroxylation is 1. The number of fused-ring (bicyclic) bond motifs is 2. The van der Waals surface area contributed by atoms with Gasteiger partial charge in [-0.2, -0.15) is 0 Å². The van der Waals surface area contributed by atoms with Crippen molar-refractivity contribution in [1.82, 2.24) is 9.72 Å². The number of rotatable bonds is 2. The highest BCUT2D eigenvalue weighted by atomic mass is 19.1. The molecule has 0 bridgehead atoms. The van der Waals surface area contributed by atoms with E-state index in [2.05, 4.69) is 10.2 Å². The van der Waals surface area contributed by atoms with E-state index in [0.717, 1.165) is 43.6 Å². The lowest BCUT2D eigenvalue weighted by molar-refractivity contribution is 0.340. The quantitative estimate of drug-likeness (QED) is 0.913. The first-order valence-electron chi connectivity index (χ1n) is 9.46. The van der Waals surface area contributed by atoms with Crippen LogP contribution in [0.15, 0.2) is 23.1 Å². The van der Waals surface area contributed by atoms with Crippen molar-refractivity contribution >= 4 is 11.2 Å². The lowest BCUT2D eigenvalue weighted by Gasteiger charge is -2.24. The van der Waals surface area contributed by atoms with Crippen molar-refractivity contribution < 1.29 is 4.39 Å². The van der Waals surface area contributed by atoms with E-state index in [1.54, 1.807) is 6.07 Å². The highest BCUT2D eigenvalue weighted by Crippen LogP contribution is 2.44. The lowest BCUT2D eigenvalue weighted by Crippen LogP contribution is -2.40. The Labute approximate surface area is 146 Å². The number of hydrogen-bond acceptors (Lipinski definition) is 3. The van der Waals surface area contributed by atoms with Gasteiger partial charge in [0.25, 0.3) is 5.56 Å². The average molecular weight is 341 g/mol. The number of anilines is 1. The molecule has 2 aliphatic heterocycles. The summed E-state index contributed by atoms with van der Waals surface area (Å²) in [6.07, 6.45) is 6.15. The van der Waals surface area contributed by atoms with Crippen molar-refractivity contribution in [2.75, 3.05) is 24.5 Å². The van der Waals surface area contributed by atoms with Crippen molar-refractivity contribution in [3.8, 4) is 0 Å². The van der Waals surface area contributed by atoms with Gasteiger partial charge < -0.3 is 10.2 Å². The number of nitrogens with zero attached hydrogens (tertiary/aromatic N) is 2. The number of halogens is 1. The Bertz CT molecular complexity index is 888. The first-order valence-corrected chi connectivity index (χ1v) is 9.46. The van der Waals surface area contributed by atoms with E-state index >= 15 is 4.39 Å². The van der Waals surface area contributed by atoms with Gasteiger partial charge in [0.05, 0.1) is 17.4 Å². The van der Waals surface area contributed by atoms with Crippen molar-refractivity contribution in [3.63, 3.8) is 0 Å². The van der Waals surface area contributed by atoms with Crippen LogP contribution in [0.4, 0.5) is 10.1 Å². The SMILES string of the molecule is Cc1c(N2CC3CCCNC3C2)c(F)cn2c(=O)ccc(C3CC3)c12. The second kappa shape index (κ2) is 5.56. The Kier molecular flexibility index (Phi) is 3.42. The molecule has 2 atom stereocenters. The fraction of sp³-hybridized carbons (Fsp3) is 0.550. The summed E-state index contributed by atoms with van der Waals surface area (Å²) in [5.41, 5.74) is 3.59. The predicted molar refractivity (Wildman–Crippen MR) is 97.1 cm³/mol. The molecule has 1 N–H and O–H groups in total. The topological polar surface area (TPSA) is 36.8 Å². The average Bonchev–Trinajstić information content (AvgIpc) is 3.35. The van der Waals surface area contributed by atoms with Gasteiger partial charge in [0.2, 0.25) is 0 Å². The molecule has 0 radical (unpaired) electrons. The minimum Gasteiger partial charge on any atom is -0.367 e. The Balaban J connectivity index is 1.66. The normalized spacial score (nSPS) is 26.2. The molecule has 2 aromatic rings. The maximum absolute atomic E-state index is 15.0. The number of hydrogen-bond donors (Lipinski definition) is 1. The molecule has 2 aromatic heterocycles. The summed E-state index contributed by atoms with van der Waals surface area (Å²) >= 11 is 0. The Morgan fingerprint density at radius 3 is 2.80 bits per heavy atom. The van der Waals surface area contributed by atoms with Crippen LogP contribution in [0.25, 0.3) is 5.52 Å². The Hall–Kier alpha value is -1.88. The molecule has 3 fully saturated rings. The molecule has 132 valence electrons. The van der Waals surface area contributed by atoms with E-state index in [9.17, 15) is 4.79 Å². The van der Waals surface area contributed by atoms with Crippen LogP contribution in [0.1, 0.15) is 42.7 Å². The summed E-state index contributed by atoms with van der Waals surface area (Å²) in [7, 11) is 0. The van der Waals surface area contributed by atoms with E-state index in [1.807, 2.05) is 13.0 Å². The van der Waals surface area contributed by atoms with Gasteiger partial charge in [-0.05, 0) is 62.1 Å². The van der Waals surface area contributed by atoms with E-state index < -0.39 is 0 Å². The third kappa shape index (κ3) is 2.40. The van der Waals surface area contributed by atoms with Gasteiger partial charge >= 0.3 is 0 Å². The standard InChI is InChI=1S/C20H24FN3O/c1-12-19-15(13-4-5-13)6-7-18(25)24(19)10-16(21)20(12)23-9-14-3-2-8-22-17(14)11-23/h6-7,10,13-14,17,22H,2-5,8-9,11H2,1H3. The zero-order chi connectivity index (χ0) is 17.1. The van der Waals surface area contributed by atoms with Crippen LogP contribution in [0.3, 0.4) is 0 Å². The predicted octanol–water partition coefficient (Wildman–Crippen LogP) is 2.81. The molecule has 25 heavy (non-hydrogen) atoms. The van der Waals surface area contributed by atoms with Crippen LogP contribution in [-0.4, -0.2) is 30.1 Å². The summed E-state index contributed by atoms with van der Waals surface area (Å²) in [6, 6.07) is 3.99. The monoisotopic (exact) mass is 341 g/mol. The van der Waals surface area contributed by atoms with Crippen molar-refractivity contribution in [2.45, 2.75) is 44.6 Å². The number of pyridine rings is 2. The fourth-order valence-corrected chi connectivity index (χ4v) is 4.90. The molecule has 0 amide bonds. The summed E-state index contributed by atoms with van der Waals surface area (Å²) in [6.45, 7) is 4.81. The molecular weight excluding hydrogens is 317 g/mol. The highest BCUT2D eigenvalue weighted by molar-refractivity contribution is 5.73. The molecule has 4 nitrogen and oxygen atoms in total. The van der Waals surface area contributed by atoms with Gasteiger partial charge in [-0.25, -0.2) is 4.39 Å². The van der Waals surface area contributed by atoms with Crippen molar-refractivity contribution in [3.05, 3.63) is 45.6 Å². The molecule has 2 unspecified atom stereocenters. The first-order chi connectivity index (χ1) is 12.1. The molecular formula is C20H24FN3O.